The Morgan fingerprint density at radius 2 is 2.13 bits per heavy atom. The summed E-state index contributed by atoms with van der Waals surface area (Å²) in [5.74, 6) is 0.111. The van der Waals surface area contributed by atoms with Gasteiger partial charge < -0.3 is 10.1 Å². The lowest BCUT2D eigenvalue weighted by Crippen LogP contribution is -2.33. The number of benzene rings is 1. The molecule has 1 saturated heterocycles. The molecule has 1 aromatic carbocycles. The third kappa shape index (κ3) is 4.17. The fourth-order valence-electron chi connectivity index (χ4n) is 3.61. The first-order valence-electron chi connectivity index (χ1n) is 10.1. The van der Waals surface area contributed by atoms with Crippen molar-refractivity contribution in [2.24, 2.45) is 0 Å². The van der Waals surface area contributed by atoms with Gasteiger partial charge in [-0.15, -0.1) is 11.3 Å². The van der Waals surface area contributed by atoms with Gasteiger partial charge in [0.25, 0.3) is 5.56 Å². The Morgan fingerprint density at radius 3 is 2.87 bits per heavy atom. The van der Waals surface area contributed by atoms with E-state index in [1.165, 1.54) is 23.1 Å². The number of amides is 1. The van der Waals surface area contributed by atoms with Gasteiger partial charge in [-0.05, 0) is 50.8 Å². The molecule has 8 heteroatoms. The maximum absolute atomic E-state index is 13.5. The molecule has 1 fully saturated rings. The van der Waals surface area contributed by atoms with Gasteiger partial charge in [0, 0.05) is 18.0 Å². The lowest BCUT2D eigenvalue weighted by atomic mass is 10.2. The number of fused-ring (bicyclic) bond motifs is 1. The quantitative estimate of drug-likeness (QED) is 0.464. The smallest absolute Gasteiger partial charge is 0.267 e. The topological polar surface area (TPSA) is 73.2 Å². The number of hydrogen-bond donors (Lipinski definition) is 1. The number of rotatable bonds is 6. The van der Waals surface area contributed by atoms with Crippen molar-refractivity contribution in [3.8, 4) is 5.69 Å². The Morgan fingerprint density at radius 1 is 1.33 bits per heavy atom. The van der Waals surface area contributed by atoms with Crippen molar-refractivity contribution in [3.63, 3.8) is 0 Å². The number of nitrogens with one attached hydrogen (secondary N) is 1. The third-order valence-corrected chi connectivity index (χ3v) is 7.45. The highest BCUT2D eigenvalue weighted by Crippen LogP contribution is 2.30. The van der Waals surface area contributed by atoms with Crippen LogP contribution in [0.4, 0.5) is 0 Å². The van der Waals surface area contributed by atoms with E-state index >= 15 is 0 Å². The molecule has 0 saturated carbocycles. The molecule has 3 aromatic rings. The van der Waals surface area contributed by atoms with Gasteiger partial charge in [-0.2, -0.15) is 0 Å². The molecular formula is C22H25N3O3S2. The summed E-state index contributed by atoms with van der Waals surface area (Å²) in [6.07, 6.45) is 2.13. The van der Waals surface area contributed by atoms with Crippen LogP contribution in [0.5, 0.6) is 0 Å². The minimum Gasteiger partial charge on any atom is -0.376 e. The Hall–Kier alpha value is -2.16. The predicted octanol–water partition coefficient (Wildman–Crippen LogP) is 3.76. The van der Waals surface area contributed by atoms with Crippen molar-refractivity contribution in [2.75, 3.05) is 18.9 Å². The van der Waals surface area contributed by atoms with Gasteiger partial charge in [0.15, 0.2) is 5.16 Å². The summed E-state index contributed by atoms with van der Waals surface area (Å²) in [5, 5.41) is 4.13. The summed E-state index contributed by atoms with van der Waals surface area (Å²) in [5.41, 5.74) is 2.66. The minimum absolute atomic E-state index is 0.0836. The van der Waals surface area contributed by atoms with Crippen molar-refractivity contribution in [2.45, 2.75) is 44.9 Å². The van der Waals surface area contributed by atoms with Crippen LogP contribution in [-0.4, -0.2) is 40.5 Å². The van der Waals surface area contributed by atoms with Gasteiger partial charge in [0.1, 0.15) is 4.83 Å². The maximum atomic E-state index is 13.5. The van der Waals surface area contributed by atoms with E-state index in [1.807, 2.05) is 45.0 Å². The normalized spacial score (nSPS) is 16.3. The number of nitrogens with zero attached hydrogens (tertiary/aromatic N) is 2. The van der Waals surface area contributed by atoms with Gasteiger partial charge in [-0.1, -0.05) is 30.0 Å². The van der Waals surface area contributed by atoms with Crippen molar-refractivity contribution in [1.82, 2.24) is 14.9 Å². The summed E-state index contributed by atoms with van der Waals surface area (Å²) < 4.78 is 7.20. The van der Waals surface area contributed by atoms with Crippen LogP contribution in [0.25, 0.3) is 15.9 Å². The van der Waals surface area contributed by atoms with Crippen LogP contribution in [-0.2, 0) is 9.53 Å². The lowest BCUT2D eigenvalue weighted by Gasteiger charge is -2.15. The molecule has 0 radical (unpaired) electrons. The monoisotopic (exact) mass is 443 g/mol. The predicted molar refractivity (Wildman–Crippen MR) is 122 cm³/mol. The van der Waals surface area contributed by atoms with E-state index in [1.54, 1.807) is 4.57 Å². The number of thioether (sulfide) groups is 1. The van der Waals surface area contributed by atoms with Crippen LogP contribution in [0.1, 0.15) is 28.8 Å². The Balaban J connectivity index is 1.66. The van der Waals surface area contributed by atoms with Crippen molar-refractivity contribution < 1.29 is 9.53 Å². The van der Waals surface area contributed by atoms with Gasteiger partial charge >= 0.3 is 0 Å². The summed E-state index contributed by atoms with van der Waals surface area (Å²) in [6.45, 7) is 7.23. The zero-order valence-corrected chi connectivity index (χ0v) is 19.0. The first-order chi connectivity index (χ1) is 14.5. The molecule has 30 heavy (non-hydrogen) atoms. The van der Waals surface area contributed by atoms with Crippen LogP contribution < -0.4 is 10.9 Å². The fourth-order valence-corrected chi connectivity index (χ4v) is 5.52. The second-order valence-electron chi connectivity index (χ2n) is 7.51. The van der Waals surface area contributed by atoms with Crippen LogP contribution in [0, 0.1) is 20.8 Å². The first-order valence-corrected chi connectivity index (χ1v) is 11.9. The molecular weight excluding hydrogens is 418 g/mol. The van der Waals surface area contributed by atoms with E-state index in [-0.39, 0.29) is 23.3 Å². The Kier molecular flexibility index (Phi) is 6.26. The average Bonchev–Trinajstić information content (AvgIpc) is 3.34. The highest BCUT2D eigenvalue weighted by Gasteiger charge is 2.20. The molecule has 1 N–H and O–H groups in total. The van der Waals surface area contributed by atoms with E-state index < -0.39 is 0 Å². The first kappa shape index (κ1) is 21.1. The minimum atomic E-state index is -0.0848. The van der Waals surface area contributed by atoms with Crippen LogP contribution in [0.3, 0.4) is 0 Å². The number of carbonyl (C=O) groups is 1. The van der Waals surface area contributed by atoms with Crippen LogP contribution >= 0.6 is 23.1 Å². The standard InChI is InChI=1S/C22H25N3O3S2/c1-13-7-4-5-9-17(13)25-21(27)19-14(2)15(3)30-20(19)24-22(25)29-12-18(26)23-11-16-8-6-10-28-16/h4-5,7,9,16H,6,8,10-12H2,1-3H3,(H,23,26)/t16-/m0/s1. The number of carbonyl (C=O) groups excluding carboxylic acids is 1. The molecule has 1 atom stereocenters. The van der Waals surface area contributed by atoms with E-state index in [2.05, 4.69) is 5.32 Å². The molecule has 1 aliphatic rings. The summed E-state index contributed by atoms with van der Waals surface area (Å²) in [6, 6.07) is 7.75. The highest BCUT2D eigenvalue weighted by atomic mass is 32.2. The Labute approximate surface area is 183 Å². The van der Waals surface area contributed by atoms with E-state index in [9.17, 15) is 9.59 Å². The van der Waals surface area contributed by atoms with Gasteiger partial charge in [0.2, 0.25) is 5.91 Å². The SMILES string of the molecule is Cc1ccccc1-n1c(SCC(=O)NC[C@@H]2CCCO2)nc2sc(C)c(C)c2c1=O. The zero-order chi connectivity index (χ0) is 21.3. The lowest BCUT2D eigenvalue weighted by molar-refractivity contribution is -0.119. The largest absolute Gasteiger partial charge is 0.376 e. The van der Waals surface area contributed by atoms with Gasteiger partial charge in [-0.3, -0.25) is 14.2 Å². The summed E-state index contributed by atoms with van der Waals surface area (Å²) in [7, 11) is 0. The third-order valence-electron chi connectivity index (χ3n) is 5.41. The van der Waals surface area contributed by atoms with E-state index in [0.29, 0.717) is 17.1 Å². The average molecular weight is 444 g/mol. The molecule has 2 aromatic heterocycles. The fraction of sp³-hybridized carbons (Fsp3) is 0.409. The van der Waals surface area contributed by atoms with Crippen LogP contribution in [0.2, 0.25) is 0 Å². The zero-order valence-electron chi connectivity index (χ0n) is 17.4. The molecule has 3 heterocycles. The van der Waals surface area contributed by atoms with Gasteiger partial charge in [-0.25, -0.2) is 4.98 Å². The van der Waals surface area contributed by atoms with Crippen molar-refractivity contribution >= 4 is 39.2 Å². The van der Waals surface area contributed by atoms with Crippen LogP contribution in [0.15, 0.2) is 34.2 Å². The second kappa shape index (κ2) is 8.91. The molecule has 0 aliphatic carbocycles. The van der Waals surface area contributed by atoms with Gasteiger partial charge in [0.05, 0.1) is 22.9 Å². The maximum Gasteiger partial charge on any atom is 0.267 e. The molecule has 1 aliphatic heterocycles. The summed E-state index contributed by atoms with van der Waals surface area (Å²) >= 11 is 2.81. The van der Waals surface area contributed by atoms with Crippen molar-refractivity contribution in [3.05, 3.63) is 50.6 Å². The number of aromatic nitrogens is 2. The molecule has 1 amide bonds. The highest BCUT2D eigenvalue weighted by molar-refractivity contribution is 7.99. The molecule has 6 nitrogen and oxygen atoms in total. The molecule has 0 bridgehead atoms. The number of ether oxygens (including phenoxy) is 1. The molecule has 0 spiro atoms. The number of aryl methyl sites for hydroxylation is 3. The van der Waals surface area contributed by atoms with E-state index in [4.69, 9.17) is 9.72 Å². The molecule has 4 rings (SSSR count). The number of para-hydroxylation sites is 1. The van der Waals surface area contributed by atoms with E-state index in [0.717, 1.165) is 46.0 Å². The number of hydrogen-bond acceptors (Lipinski definition) is 6. The molecule has 158 valence electrons. The van der Waals surface area contributed by atoms with Crippen molar-refractivity contribution in [1.29, 1.82) is 0 Å². The Bertz CT molecular complexity index is 1150. The second-order valence-corrected chi connectivity index (χ2v) is 9.66. The summed E-state index contributed by atoms with van der Waals surface area (Å²) in [4.78, 5) is 32.5. The number of thiophene rings is 1. The molecule has 0 unspecified atom stereocenters.